The molecule has 0 saturated carbocycles. The highest BCUT2D eigenvalue weighted by Gasteiger charge is 2.47. The quantitative estimate of drug-likeness (QED) is 0.744. The van der Waals surface area contributed by atoms with Gasteiger partial charge in [0.2, 0.25) is 5.91 Å². The van der Waals surface area contributed by atoms with Gasteiger partial charge >= 0.3 is 0 Å². The molecule has 6 nitrogen and oxygen atoms in total. The number of hydrogen-bond acceptors (Lipinski definition) is 6. The Labute approximate surface area is 183 Å². The summed E-state index contributed by atoms with van der Waals surface area (Å²) in [5, 5.41) is 3.82. The van der Waals surface area contributed by atoms with Crippen molar-refractivity contribution in [2.75, 3.05) is 27.5 Å². The number of amides is 1. The van der Waals surface area contributed by atoms with E-state index in [1.54, 1.807) is 41.3 Å². The van der Waals surface area contributed by atoms with Gasteiger partial charge in [-0.05, 0) is 36.8 Å². The predicted octanol–water partition coefficient (Wildman–Crippen LogP) is 3.50. The van der Waals surface area contributed by atoms with E-state index in [1.165, 1.54) is 6.07 Å². The molecule has 0 radical (unpaired) electrons. The standard InChI is InChI=1S/C20H19ClFN3O3S2/c1-12-13(21)5-4-7-15(12)23-19(26)9-29-20-24-16-10-30(27,28)11-18(16)25(20)17-8-3-2-6-14(17)22/h2-8,16,18H,9-11H2,1H3,(H,23,26). The first-order chi connectivity index (χ1) is 14.2. The molecule has 2 aromatic carbocycles. The van der Waals surface area contributed by atoms with Crippen molar-refractivity contribution in [3.8, 4) is 0 Å². The summed E-state index contributed by atoms with van der Waals surface area (Å²) in [7, 11) is -3.24. The summed E-state index contributed by atoms with van der Waals surface area (Å²) in [6.07, 6.45) is 0. The van der Waals surface area contributed by atoms with Crippen LogP contribution in [0.5, 0.6) is 0 Å². The van der Waals surface area contributed by atoms with E-state index in [-0.39, 0.29) is 28.9 Å². The second-order valence-electron chi connectivity index (χ2n) is 7.19. The fraction of sp³-hybridized carbons (Fsp3) is 0.300. The maximum absolute atomic E-state index is 14.5. The third-order valence-electron chi connectivity index (χ3n) is 5.09. The van der Waals surface area contributed by atoms with Gasteiger partial charge in [-0.15, -0.1) is 0 Å². The number of anilines is 2. The van der Waals surface area contributed by atoms with Crippen molar-refractivity contribution in [2.24, 2.45) is 4.99 Å². The van der Waals surface area contributed by atoms with Crippen molar-refractivity contribution in [3.05, 3.63) is 58.9 Å². The van der Waals surface area contributed by atoms with E-state index in [2.05, 4.69) is 10.3 Å². The first-order valence-electron chi connectivity index (χ1n) is 9.25. The molecular formula is C20H19ClFN3O3S2. The van der Waals surface area contributed by atoms with Crippen LogP contribution >= 0.6 is 23.4 Å². The molecule has 2 atom stereocenters. The summed E-state index contributed by atoms with van der Waals surface area (Å²) < 4.78 is 38.6. The Kier molecular flexibility index (Phi) is 5.78. The van der Waals surface area contributed by atoms with Crippen LogP contribution in [-0.2, 0) is 14.6 Å². The van der Waals surface area contributed by atoms with Crippen molar-refractivity contribution >= 4 is 55.6 Å². The van der Waals surface area contributed by atoms with Gasteiger partial charge in [0.25, 0.3) is 0 Å². The van der Waals surface area contributed by atoms with Gasteiger partial charge in [0.1, 0.15) is 5.82 Å². The third-order valence-corrected chi connectivity index (χ3v) is 8.17. The van der Waals surface area contributed by atoms with Gasteiger partial charge in [-0.2, -0.15) is 0 Å². The zero-order chi connectivity index (χ0) is 21.5. The summed E-state index contributed by atoms with van der Waals surface area (Å²) in [6, 6.07) is 10.5. The van der Waals surface area contributed by atoms with Gasteiger partial charge in [0.05, 0.1) is 35.0 Å². The molecule has 2 unspecified atom stereocenters. The van der Waals surface area contributed by atoms with Crippen molar-refractivity contribution in [1.82, 2.24) is 0 Å². The summed E-state index contributed by atoms with van der Waals surface area (Å²) in [4.78, 5) is 18.6. The summed E-state index contributed by atoms with van der Waals surface area (Å²) in [6.45, 7) is 1.81. The molecule has 1 saturated heterocycles. The van der Waals surface area contributed by atoms with Crippen LogP contribution in [0.25, 0.3) is 0 Å². The number of amidine groups is 1. The molecule has 4 rings (SSSR count). The lowest BCUT2D eigenvalue weighted by Gasteiger charge is -2.26. The number of halogens is 2. The first-order valence-corrected chi connectivity index (χ1v) is 12.4. The zero-order valence-corrected chi connectivity index (χ0v) is 18.4. The fourth-order valence-corrected chi connectivity index (χ4v) is 6.56. The van der Waals surface area contributed by atoms with Crippen molar-refractivity contribution < 1.29 is 17.6 Å². The van der Waals surface area contributed by atoms with Gasteiger partial charge in [0, 0.05) is 10.7 Å². The number of fused-ring (bicyclic) bond motifs is 1. The van der Waals surface area contributed by atoms with Crippen LogP contribution in [0.3, 0.4) is 0 Å². The minimum atomic E-state index is -3.24. The van der Waals surface area contributed by atoms with Gasteiger partial charge in [-0.25, -0.2) is 12.8 Å². The number of nitrogens with one attached hydrogen (secondary N) is 1. The molecule has 2 aliphatic heterocycles. The van der Waals surface area contributed by atoms with E-state index in [4.69, 9.17) is 11.6 Å². The van der Waals surface area contributed by atoms with E-state index < -0.39 is 27.7 Å². The van der Waals surface area contributed by atoms with Gasteiger partial charge in [-0.3, -0.25) is 9.79 Å². The Bertz CT molecular complexity index is 1140. The van der Waals surface area contributed by atoms with Crippen LogP contribution in [0.4, 0.5) is 15.8 Å². The maximum atomic E-state index is 14.5. The highest BCUT2D eigenvalue weighted by molar-refractivity contribution is 8.14. The molecule has 2 heterocycles. The zero-order valence-electron chi connectivity index (χ0n) is 16.0. The normalized spacial score (nSPS) is 22.0. The number of para-hydroxylation sites is 1. The number of carbonyl (C=O) groups excluding carboxylic acids is 1. The van der Waals surface area contributed by atoms with E-state index >= 15 is 0 Å². The molecule has 1 fully saturated rings. The Morgan fingerprint density at radius 3 is 2.80 bits per heavy atom. The Balaban J connectivity index is 1.52. The molecule has 30 heavy (non-hydrogen) atoms. The first kappa shape index (κ1) is 21.1. The van der Waals surface area contributed by atoms with Crippen molar-refractivity contribution in [3.63, 3.8) is 0 Å². The maximum Gasteiger partial charge on any atom is 0.234 e. The van der Waals surface area contributed by atoms with Gasteiger partial charge < -0.3 is 10.2 Å². The lowest BCUT2D eigenvalue weighted by atomic mass is 10.1. The topological polar surface area (TPSA) is 78.8 Å². The highest BCUT2D eigenvalue weighted by Crippen LogP contribution is 2.36. The lowest BCUT2D eigenvalue weighted by Crippen LogP contribution is -2.40. The van der Waals surface area contributed by atoms with Crippen LogP contribution in [0, 0.1) is 12.7 Å². The minimum Gasteiger partial charge on any atom is -0.325 e. The Morgan fingerprint density at radius 1 is 1.27 bits per heavy atom. The number of carbonyl (C=O) groups is 1. The molecule has 0 bridgehead atoms. The molecule has 0 aromatic heterocycles. The van der Waals surface area contributed by atoms with Crippen LogP contribution in [0.15, 0.2) is 47.5 Å². The molecule has 0 aliphatic carbocycles. The summed E-state index contributed by atoms with van der Waals surface area (Å²) in [5.74, 6) is -0.836. The smallest absolute Gasteiger partial charge is 0.234 e. The number of aliphatic imine (C=N–C) groups is 1. The van der Waals surface area contributed by atoms with Crippen molar-refractivity contribution in [1.29, 1.82) is 0 Å². The molecule has 1 amide bonds. The molecule has 158 valence electrons. The monoisotopic (exact) mass is 467 g/mol. The Morgan fingerprint density at radius 2 is 2.03 bits per heavy atom. The largest absolute Gasteiger partial charge is 0.325 e. The van der Waals surface area contributed by atoms with Gasteiger partial charge in [0.15, 0.2) is 15.0 Å². The van der Waals surface area contributed by atoms with Crippen molar-refractivity contribution in [2.45, 2.75) is 19.0 Å². The molecule has 1 N–H and O–H groups in total. The highest BCUT2D eigenvalue weighted by atomic mass is 35.5. The molecular weight excluding hydrogens is 449 g/mol. The molecule has 10 heteroatoms. The number of sulfone groups is 1. The SMILES string of the molecule is Cc1c(Cl)cccc1NC(=O)CSC1=NC2CS(=O)(=O)CC2N1c1ccccc1F. The van der Waals surface area contributed by atoms with Crippen LogP contribution in [0.2, 0.25) is 5.02 Å². The van der Waals surface area contributed by atoms with E-state index in [0.717, 1.165) is 17.3 Å². The fourth-order valence-electron chi connectivity index (χ4n) is 3.62. The van der Waals surface area contributed by atoms with E-state index in [9.17, 15) is 17.6 Å². The average Bonchev–Trinajstić information content (AvgIpc) is 3.15. The van der Waals surface area contributed by atoms with E-state index in [0.29, 0.717) is 15.9 Å². The Hall–Kier alpha value is -2.10. The summed E-state index contributed by atoms with van der Waals surface area (Å²) in [5.41, 5.74) is 1.65. The number of rotatable bonds is 4. The molecule has 0 spiro atoms. The second-order valence-corrected chi connectivity index (χ2v) is 10.7. The molecule has 2 aromatic rings. The molecule has 2 aliphatic rings. The number of thioether (sulfide) groups is 1. The van der Waals surface area contributed by atoms with Crippen LogP contribution in [0.1, 0.15) is 5.56 Å². The summed E-state index contributed by atoms with van der Waals surface area (Å²) >= 11 is 7.25. The average molecular weight is 468 g/mol. The van der Waals surface area contributed by atoms with Crippen LogP contribution < -0.4 is 10.2 Å². The minimum absolute atomic E-state index is 0.0436. The predicted molar refractivity (Wildman–Crippen MR) is 120 cm³/mol. The number of nitrogens with zero attached hydrogens (tertiary/aromatic N) is 2. The third kappa shape index (κ3) is 4.19. The van der Waals surface area contributed by atoms with Crippen LogP contribution in [-0.4, -0.2) is 48.8 Å². The van der Waals surface area contributed by atoms with Gasteiger partial charge in [-0.1, -0.05) is 41.6 Å². The number of hydrogen-bond donors (Lipinski definition) is 1. The lowest BCUT2D eigenvalue weighted by molar-refractivity contribution is -0.113. The number of benzene rings is 2. The van der Waals surface area contributed by atoms with E-state index in [1.807, 2.05) is 6.92 Å². The second kappa shape index (κ2) is 8.20.